The Morgan fingerprint density at radius 2 is 1.86 bits per heavy atom. The van der Waals surface area contributed by atoms with Crippen LogP contribution in [-0.4, -0.2) is 41.4 Å². The summed E-state index contributed by atoms with van der Waals surface area (Å²) < 4.78 is 23.8. The Bertz CT molecular complexity index is 545. The molecule has 2 heterocycles. The molecule has 3 fully saturated rings. The highest BCUT2D eigenvalue weighted by Gasteiger charge is 2.56. The predicted octanol–water partition coefficient (Wildman–Crippen LogP) is 2.15. The lowest BCUT2D eigenvalue weighted by atomic mass is 9.80. The molecule has 0 aromatic heterocycles. The van der Waals surface area contributed by atoms with Crippen LogP contribution in [0.25, 0.3) is 0 Å². The summed E-state index contributed by atoms with van der Waals surface area (Å²) in [7, 11) is 0. The van der Waals surface area contributed by atoms with Crippen LogP contribution in [0.4, 0.5) is 0 Å². The van der Waals surface area contributed by atoms with Gasteiger partial charge in [-0.15, -0.1) is 0 Å². The lowest BCUT2D eigenvalue weighted by Gasteiger charge is -2.40. The highest BCUT2D eigenvalue weighted by atomic mass is 16.8. The van der Waals surface area contributed by atoms with Crippen molar-refractivity contribution in [2.24, 2.45) is 0 Å². The first kappa shape index (κ1) is 14.6. The minimum absolute atomic E-state index is 0.175. The van der Waals surface area contributed by atoms with Crippen molar-refractivity contribution in [2.45, 2.75) is 62.7 Å². The van der Waals surface area contributed by atoms with Crippen LogP contribution in [0.2, 0.25) is 0 Å². The number of rotatable bonds is 1. The minimum atomic E-state index is -0.607. The normalized spacial score (nSPS) is 43.4. The van der Waals surface area contributed by atoms with Crippen LogP contribution < -0.4 is 0 Å². The van der Waals surface area contributed by atoms with Gasteiger partial charge < -0.3 is 24.1 Å². The molecule has 2 saturated heterocycles. The Kier molecular flexibility index (Phi) is 3.33. The predicted molar refractivity (Wildman–Crippen MR) is 78.0 cm³/mol. The van der Waals surface area contributed by atoms with Gasteiger partial charge in [0, 0.05) is 18.4 Å². The second-order valence-corrected chi connectivity index (χ2v) is 6.97. The van der Waals surface area contributed by atoms with Gasteiger partial charge in [-0.25, -0.2) is 0 Å². The van der Waals surface area contributed by atoms with Gasteiger partial charge in [0.2, 0.25) is 0 Å². The van der Waals surface area contributed by atoms with E-state index in [2.05, 4.69) is 0 Å². The Morgan fingerprint density at radius 1 is 1.09 bits per heavy atom. The number of hydrogen-bond donors (Lipinski definition) is 1. The van der Waals surface area contributed by atoms with Crippen molar-refractivity contribution >= 4 is 0 Å². The van der Waals surface area contributed by atoms with E-state index >= 15 is 0 Å². The fourth-order valence-corrected chi connectivity index (χ4v) is 3.80. The van der Waals surface area contributed by atoms with E-state index in [1.54, 1.807) is 0 Å². The Labute approximate surface area is 130 Å². The molecule has 1 aromatic carbocycles. The summed E-state index contributed by atoms with van der Waals surface area (Å²) in [6.07, 6.45) is -0.305. The lowest BCUT2D eigenvalue weighted by molar-refractivity contribution is -0.188. The molecule has 5 nitrogen and oxygen atoms in total. The summed E-state index contributed by atoms with van der Waals surface area (Å²) in [5.41, 5.74) is 0.501. The molecule has 4 rings (SSSR count). The number of aliphatic hydroxyl groups is 1. The van der Waals surface area contributed by atoms with Crippen LogP contribution in [0.3, 0.4) is 0 Å². The Balaban J connectivity index is 1.53. The highest BCUT2D eigenvalue weighted by molar-refractivity contribution is 5.17. The van der Waals surface area contributed by atoms with Crippen molar-refractivity contribution in [3.63, 3.8) is 0 Å². The summed E-state index contributed by atoms with van der Waals surface area (Å²) >= 11 is 0. The molecular formula is C17H22O5. The highest BCUT2D eigenvalue weighted by Crippen LogP contribution is 2.47. The van der Waals surface area contributed by atoms with E-state index in [9.17, 15) is 5.11 Å². The van der Waals surface area contributed by atoms with Gasteiger partial charge in [-0.2, -0.15) is 0 Å². The van der Waals surface area contributed by atoms with Gasteiger partial charge in [-0.1, -0.05) is 30.3 Å². The molecule has 5 atom stereocenters. The molecule has 120 valence electrons. The van der Waals surface area contributed by atoms with Gasteiger partial charge >= 0.3 is 0 Å². The molecular weight excluding hydrogens is 284 g/mol. The molecule has 1 N–H and O–H groups in total. The molecule has 1 aromatic rings. The maximum absolute atomic E-state index is 10.5. The quantitative estimate of drug-likeness (QED) is 0.861. The molecule has 1 unspecified atom stereocenters. The van der Waals surface area contributed by atoms with Crippen LogP contribution in [0.1, 0.15) is 38.5 Å². The third-order valence-electron chi connectivity index (χ3n) is 4.70. The number of benzene rings is 1. The topological polar surface area (TPSA) is 57.2 Å². The number of aliphatic hydroxyl groups excluding tert-OH is 1. The van der Waals surface area contributed by atoms with Gasteiger partial charge in [0.05, 0.1) is 18.8 Å². The molecule has 5 heteroatoms. The van der Waals surface area contributed by atoms with E-state index in [4.69, 9.17) is 18.9 Å². The van der Waals surface area contributed by atoms with Gasteiger partial charge in [0.1, 0.15) is 11.7 Å². The second kappa shape index (κ2) is 5.01. The zero-order chi connectivity index (χ0) is 15.4. The summed E-state index contributed by atoms with van der Waals surface area (Å²) in [6, 6.07) is 9.82. The molecule has 2 aliphatic heterocycles. The van der Waals surface area contributed by atoms with E-state index in [0.29, 0.717) is 19.4 Å². The van der Waals surface area contributed by atoms with Gasteiger partial charge in [-0.05, 0) is 13.8 Å². The summed E-state index contributed by atoms with van der Waals surface area (Å²) in [6.45, 7) is 4.29. The van der Waals surface area contributed by atoms with Crippen molar-refractivity contribution in [3.8, 4) is 0 Å². The fourth-order valence-electron chi connectivity index (χ4n) is 3.80. The third-order valence-corrected chi connectivity index (χ3v) is 4.70. The zero-order valence-corrected chi connectivity index (χ0v) is 12.9. The molecule has 1 spiro atoms. The van der Waals surface area contributed by atoms with Crippen molar-refractivity contribution < 1.29 is 24.1 Å². The SMILES string of the molecule is CC1(C)OC[C@]2(C[C@@H](O)[C@H]3OC(c4ccccc4)O[C@@H]3C2)O1. The molecule has 1 saturated carbocycles. The first-order valence-corrected chi connectivity index (χ1v) is 7.85. The van der Waals surface area contributed by atoms with Crippen LogP contribution in [0.15, 0.2) is 30.3 Å². The Morgan fingerprint density at radius 3 is 2.55 bits per heavy atom. The monoisotopic (exact) mass is 306 g/mol. The van der Waals surface area contributed by atoms with E-state index in [0.717, 1.165) is 5.56 Å². The number of fused-ring (bicyclic) bond motifs is 1. The molecule has 0 bridgehead atoms. The van der Waals surface area contributed by atoms with Crippen molar-refractivity contribution in [1.82, 2.24) is 0 Å². The van der Waals surface area contributed by atoms with E-state index in [1.807, 2.05) is 44.2 Å². The molecule has 1 aliphatic carbocycles. The minimum Gasteiger partial charge on any atom is -0.390 e. The van der Waals surface area contributed by atoms with E-state index < -0.39 is 23.8 Å². The van der Waals surface area contributed by atoms with Crippen LogP contribution in [0, 0.1) is 0 Å². The maximum Gasteiger partial charge on any atom is 0.184 e. The molecule has 22 heavy (non-hydrogen) atoms. The van der Waals surface area contributed by atoms with Crippen LogP contribution in [0.5, 0.6) is 0 Å². The van der Waals surface area contributed by atoms with E-state index in [1.165, 1.54) is 0 Å². The number of hydrogen-bond acceptors (Lipinski definition) is 5. The van der Waals surface area contributed by atoms with Crippen molar-refractivity contribution in [1.29, 1.82) is 0 Å². The summed E-state index contributed by atoms with van der Waals surface area (Å²) in [5.74, 6) is -0.606. The summed E-state index contributed by atoms with van der Waals surface area (Å²) in [4.78, 5) is 0. The molecule has 0 amide bonds. The number of ether oxygens (including phenoxy) is 4. The standard InChI is InChI=1S/C17H22O5/c1-16(2)19-10-17(22-16)8-12(18)14-13(9-17)20-15(21-14)11-6-4-3-5-7-11/h3-7,12-15,18H,8-10H2,1-2H3/t12-,13-,14-,15?,17-/m1/s1. The van der Waals surface area contributed by atoms with Crippen molar-refractivity contribution in [2.75, 3.05) is 6.61 Å². The van der Waals surface area contributed by atoms with Crippen LogP contribution in [-0.2, 0) is 18.9 Å². The Hall–Kier alpha value is -0.980. The van der Waals surface area contributed by atoms with Gasteiger partial charge in [0.25, 0.3) is 0 Å². The molecule has 0 radical (unpaired) electrons. The average Bonchev–Trinajstić information content (AvgIpc) is 3.02. The van der Waals surface area contributed by atoms with Crippen molar-refractivity contribution in [3.05, 3.63) is 35.9 Å². The average molecular weight is 306 g/mol. The fraction of sp³-hybridized carbons (Fsp3) is 0.647. The summed E-state index contributed by atoms with van der Waals surface area (Å²) in [5, 5.41) is 10.5. The third kappa shape index (κ3) is 2.47. The first-order valence-electron chi connectivity index (χ1n) is 7.85. The van der Waals surface area contributed by atoms with E-state index in [-0.39, 0.29) is 12.2 Å². The smallest absolute Gasteiger partial charge is 0.184 e. The lowest BCUT2D eigenvalue weighted by Crippen LogP contribution is -2.53. The van der Waals surface area contributed by atoms with Crippen LogP contribution >= 0.6 is 0 Å². The van der Waals surface area contributed by atoms with Gasteiger partial charge in [-0.3, -0.25) is 0 Å². The first-order chi connectivity index (χ1) is 10.5. The van der Waals surface area contributed by atoms with Gasteiger partial charge in [0.15, 0.2) is 12.1 Å². The maximum atomic E-state index is 10.5. The second-order valence-electron chi connectivity index (χ2n) is 6.97. The largest absolute Gasteiger partial charge is 0.390 e. The zero-order valence-electron chi connectivity index (χ0n) is 12.9. The molecule has 3 aliphatic rings.